The molecule has 220 valence electrons. The van der Waals surface area contributed by atoms with Crippen molar-refractivity contribution in [2.24, 2.45) is 0 Å². The Morgan fingerprint density at radius 2 is 1.54 bits per heavy atom. The summed E-state index contributed by atoms with van der Waals surface area (Å²) in [5.41, 5.74) is 2.09. The van der Waals surface area contributed by atoms with Gasteiger partial charge in [0, 0.05) is 37.5 Å². The highest BCUT2D eigenvalue weighted by Crippen LogP contribution is 2.31. The third kappa shape index (κ3) is 10.1. The molecule has 41 heavy (non-hydrogen) atoms. The van der Waals surface area contributed by atoms with Crippen LogP contribution in [0.1, 0.15) is 43.7 Å². The molecule has 0 heterocycles. The van der Waals surface area contributed by atoms with Crippen LogP contribution in [0.5, 0.6) is 0 Å². The van der Waals surface area contributed by atoms with Gasteiger partial charge in [-0.15, -0.1) is 0 Å². The summed E-state index contributed by atoms with van der Waals surface area (Å²) in [6, 6.07) is 23.0. The number of carbonyl (C=O) groups excluding carboxylic acids is 2. The molecule has 0 saturated heterocycles. The first kappa shape index (κ1) is 32.4. The standard InChI is InChI=1S/C31H37Cl2N3O4S/c1-3-4-19-34-31(38)29(21-24-12-7-5-8-13-24)35(23-25-14-9-6-10-15-25)30(37)16-11-20-36(41(2,39)40)28-22-26(32)17-18-27(28)33/h5-10,12-15,17-18,22,29H,3-4,11,16,19-21,23H2,1-2H3,(H,34,38). The van der Waals surface area contributed by atoms with Crippen molar-refractivity contribution in [2.75, 3.05) is 23.7 Å². The monoisotopic (exact) mass is 617 g/mol. The first-order chi connectivity index (χ1) is 19.6. The van der Waals surface area contributed by atoms with E-state index in [0.29, 0.717) is 18.0 Å². The molecule has 1 atom stereocenters. The molecule has 0 aliphatic rings. The quantitative estimate of drug-likeness (QED) is 0.209. The zero-order valence-electron chi connectivity index (χ0n) is 23.4. The van der Waals surface area contributed by atoms with E-state index in [1.165, 1.54) is 12.1 Å². The molecule has 0 aromatic heterocycles. The van der Waals surface area contributed by atoms with Crippen molar-refractivity contribution in [3.8, 4) is 0 Å². The van der Waals surface area contributed by atoms with E-state index >= 15 is 0 Å². The van der Waals surface area contributed by atoms with E-state index < -0.39 is 16.1 Å². The van der Waals surface area contributed by atoms with Crippen LogP contribution in [-0.2, 0) is 32.6 Å². The van der Waals surface area contributed by atoms with Crippen molar-refractivity contribution in [1.29, 1.82) is 0 Å². The predicted octanol–water partition coefficient (Wildman–Crippen LogP) is 6.10. The van der Waals surface area contributed by atoms with E-state index in [9.17, 15) is 18.0 Å². The van der Waals surface area contributed by atoms with Gasteiger partial charge in [0.25, 0.3) is 0 Å². The Hall–Kier alpha value is -3.07. The molecular formula is C31H37Cl2N3O4S. The van der Waals surface area contributed by atoms with Crippen molar-refractivity contribution < 1.29 is 18.0 Å². The molecule has 3 aromatic rings. The van der Waals surface area contributed by atoms with Crippen molar-refractivity contribution in [3.05, 3.63) is 100 Å². The number of rotatable bonds is 15. The molecule has 0 aliphatic carbocycles. The molecule has 0 radical (unpaired) electrons. The van der Waals surface area contributed by atoms with Crippen LogP contribution >= 0.6 is 23.2 Å². The second kappa shape index (κ2) is 15.8. The molecule has 1 unspecified atom stereocenters. The summed E-state index contributed by atoms with van der Waals surface area (Å²) in [5.74, 6) is -0.457. The minimum atomic E-state index is -3.71. The molecular weight excluding hydrogens is 581 g/mol. The van der Waals surface area contributed by atoms with Gasteiger partial charge in [-0.25, -0.2) is 8.42 Å². The topological polar surface area (TPSA) is 86.8 Å². The third-order valence-corrected chi connectivity index (χ3v) is 8.36. The summed E-state index contributed by atoms with van der Waals surface area (Å²) in [5, 5.41) is 3.59. The summed E-state index contributed by atoms with van der Waals surface area (Å²) in [6.07, 6.45) is 3.46. The molecule has 0 spiro atoms. The largest absolute Gasteiger partial charge is 0.354 e. The van der Waals surface area contributed by atoms with Gasteiger partial charge in [-0.3, -0.25) is 13.9 Å². The van der Waals surface area contributed by atoms with Gasteiger partial charge in [-0.1, -0.05) is 97.2 Å². The Bertz CT molecular complexity index is 1390. The van der Waals surface area contributed by atoms with Gasteiger partial charge < -0.3 is 10.2 Å². The van der Waals surface area contributed by atoms with E-state index in [2.05, 4.69) is 12.2 Å². The van der Waals surface area contributed by atoms with E-state index in [1.54, 1.807) is 11.0 Å². The molecule has 3 aromatic carbocycles. The number of carbonyl (C=O) groups is 2. The molecule has 0 bridgehead atoms. The van der Waals surface area contributed by atoms with Crippen LogP contribution in [0, 0.1) is 0 Å². The van der Waals surface area contributed by atoms with Crippen molar-refractivity contribution >= 4 is 50.7 Å². The summed E-state index contributed by atoms with van der Waals surface area (Å²) >= 11 is 12.4. The minimum Gasteiger partial charge on any atom is -0.354 e. The average Bonchev–Trinajstić information content (AvgIpc) is 2.95. The van der Waals surface area contributed by atoms with Crippen LogP contribution in [0.4, 0.5) is 5.69 Å². The summed E-state index contributed by atoms with van der Waals surface area (Å²) < 4.78 is 26.5. The zero-order valence-corrected chi connectivity index (χ0v) is 25.8. The Balaban J connectivity index is 1.86. The first-order valence-corrected chi connectivity index (χ1v) is 16.3. The summed E-state index contributed by atoms with van der Waals surface area (Å²) in [7, 11) is -3.71. The van der Waals surface area contributed by atoms with Gasteiger partial charge in [-0.2, -0.15) is 0 Å². The fraction of sp³-hybridized carbons (Fsp3) is 0.355. The number of nitrogens with zero attached hydrogens (tertiary/aromatic N) is 2. The number of unbranched alkanes of at least 4 members (excludes halogenated alkanes) is 1. The Kier molecular flexibility index (Phi) is 12.5. The lowest BCUT2D eigenvalue weighted by atomic mass is 10.0. The highest BCUT2D eigenvalue weighted by atomic mass is 35.5. The van der Waals surface area contributed by atoms with E-state index in [0.717, 1.165) is 34.5 Å². The zero-order chi connectivity index (χ0) is 29.8. The number of hydrogen-bond acceptors (Lipinski definition) is 4. The van der Waals surface area contributed by atoms with E-state index in [-0.39, 0.29) is 48.5 Å². The first-order valence-electron chi connectivity index (χ1n) is 13.7. The van der Waals surface area contributed by atoms with Gasteiger partial charge in [0.1, 0.15) is 6.04 Å². The lowest BCUT2D eigenvalue weighted by Crippen LogP contribution is -2.50. The van der Waals surface area contributed by atoms with Crippen LogP contribution in [0.25, 0.3) is 0 Å². The molecule has 7 nitrogen and oxygen atoms in total. The Morgan fingerprint density at radius 3 is 2.15 bits per heavy atom. The smallest absolute Gasteiger partial charge is 0.243 e. The number of anilines is 1. The maximum absolute atomic E-state index is 13.8. The van der Waals surface area contributed by atoms with Crippen LogP contribution in [0.3, 0.4) is 0 Å². The highest BCUT2D eigenvalue weighted by Gasteiger charge is 2.30. The maximum Gasteiger partial charge on any atom is 0.243 e. The molecule has 0 saturated carbocycles. The average molecular weight is 619 g/mol. The SMILES string of the molecule is CCCCNC(=O)C(Cc1ccccc1)N(Cc1ccccc1)C(=O)CCCN(c1cc(Cl)ccc1Cl)S(C)(=O)=O. The van der Waals surface area contributed by atoms with E-state index in [4.69, 9.17) is 23.2 Å². The molecule has 0 fully saturated rings. The van der Waals surface area contributed by atoms with Crippen LogP contribution in [-0.4, -0.2) is 50.5 Å². The minimum absolute atomic E-state index is 0.0237. The van der Waals surface area contributed by atoms with Crippen LogP contribution < -0.4 is 9.62 Å². The van der Waals surface area contributed by atoms with Crippen LogP contribution in [0.15, 0.2) is 78.9 Å². The Labute approximate surface area is 253 Å². The number of halogens is 2. The van der Waals surface area contributed by atoms with Crippen molar-refractivity contribution in [2.45, 2.75) is 51.6 Å². The van der Waals surface area contributed by atoms with Crippen molar-refractivity contribution in [3.63, 3.8) is 0 Å². The van der Waals surface area contributed by atoms with E-state index in [1.807, 2.05) is 60.7 Å². The highest BCUT2D eigenvalue weighted by molar-refractivity contribution is 7.92. The lowest BCUT2D eigenvalue weighted by Gasteiger charge is -2.32. The number of amides is 2. The molecule has 0 aliphatic heterocycles. The maximum atomic E-state index is 13.8. The number of nitrogens with one attached hydrogen (secondary N) is 1. The lowest BCUT2D eigenvalue weighted by molar-refractivity contribution is -0.141. The van der Waals surface area contributed by atoms with Crippen LogP contribution in [0.2, 0.25) is 10.0 Å². The molecule has 2 amide bonds. The third-order valence-electron chi connectivity index (χ3n) is 6.63. The van der Waals surface area contributed by atoms with Gasteiger partial charge in [0.15, 0.2) is 0 Å². The van der Waals surface area contributed by atoms with Gasteiger partial charge in [0.2, 0.25) is 21.8 Å². The predicted molar refractivity (Wildman–Crippen MR) is 167 cm³/mol. The van der Waals surface area contributed by atoms with Gasteiger partial charge >= 0.3 is 0 Å². The second-order valence-corrected chi connectivity index (χ2v) is 12.6. The Morgan fingerprint density at radius 1 is 0.902 bits per heavy atom. The molecule has 10 heteroatoms. The summed E-state index contributed by atoms with van der Waals surface area (Å²) in [4.78, 5) is 29.0. The second-order valence-electron chi connectivity index (χ2n) is 9.89. The number of benzene rings is 3. The normalized spacial score (nSPS) is 12.0. The fourth-order valence-corrected chi connectivity index (χ4v) is 5.90. The number of sulfonamides is 1. The van der Waals surface area contributed by atoms with Gasteiger partial charge in [0.05, 0.1) is 17.0 Å². The fourth-order valence-electron chi connectivity index (χ4n) is 4.50. The van der Waals surface area contributed by atoms with Gasteiger partial charge in [-0.05, 0) is 42.2 Å². The molecule has 3 rings (SSSR count). The summed E-state index contributed by atoms with van der Waals surface area (Å²) in [6.45, 7) is 2.84. The molecule has 1 N–H and O–H groups in total. The van der Waals surface area contributed by atoms with Crippen molar-refractivity contribution in [1.82, 2.24) is 10.2 Å². The number of hydrogen-bond donors (Lipinski definition) is 1.